The summed E-state index contributed by atoms with van der Waals surface area (Å²) in [6.45, 7) is 3.56. The zero-order chi connectivity index (χ0) is 12.1. The third kappa shape index (κ3) is 3.15. The van der Waals surface area contributed by atoms with Gasteiger partial charge in [-0.3, -0.25) is 0 Å². The summed E-state index contributed by atoms with van der Waals surface area (Å²) in [5.74, 6) is 0. The smallest absolute Gasteiger partial charge is 0.0648 e. The van der Waals surface area contributed by atoms with Gasteiger partial charge in [-0.1, -0.05) is 12.1 Å². The number of aromatic nitrogens is 2. The SMILES string of the molecule is C[C@H](CN)NCc1cccc(-n2cccn2)c1. The standard InChI is InChI=1S/C13H18N4/c1-11(9-14)15-10-12-4-2-5-13(8-12)17-7-3-6-16-17/h2-8,11,15H,9-10,14H2,1H3/t11-/m1/s1. The monoisotopic (exact) mass is 230 g/mol. The van der Waals surface area contributed by atoms with Crippen LogP contribution >= 0.6 is 0 Å². The predicted octanol–water partition coefficient (Wildman–Crippen LogP) is 1.31. The molecule has 3 N–H and O–H groups in total. The second-order valence-corrected chi connectivity index (χ2v) is 4.14. The Morgan fingerprint density at radius 2 is 2.29 bits per heavy atom. The Kier molecular flexibility index (Phi) is 3.90. The van der Waals surface area contributed by atoms with E-state index >= 15 is 0 Å². The second kappa shape index (κ2) is 5.61. The molecule has 0 fully saturated rings. The molecule has 0 saturated heterocycles. The van der Waals surface area contributed by atoms with Crippen LogP contribution in [0.25, 0.3) is 5.69 Å². The van der Waals surface area contributed by atoms with E-state index in [1.54, 1.807) is 6.20 Å². The van der Waals surface area contributed by atoms with Crippen molar-refractivity contribution in [3.05, 3.63) is 48.3 Å². The fourth-order valence-corrected chi connectivity index (χ4v) is 1.61. The first-order valence-corrected chi connectivity index (χ1v) is 5.82. The molecule has 0 spiro atoms. The molecular weight excluding hydrogens is 212 g/mol. The number of hydrogen-bond donors (Lipinski definition) is 2. The van der Waals surface area contributed by atoms with Crippen LogP contribution in [0.1, 0.15) is 12.5 Å². The lowest BCUT2D eigenvalue weighted by atomic mass is 10.2. The Hall–Kier alpha value is -1.65. The van der Waals surface area contributed by atoms with Crippen LogP contribution in [-0.2, 0) is 6.54 Å². The Balaban J connectivity index is 2.07. The van der Waals surface area contributed by atoms with Gasteiger partial charge in [0.1, 0.15) is 0 Å². The largest absolute Gasteiger partial charge is 0.329 e. The van der Waals surface area contributed by atoms with E-state index in [9.17, 15) is 0 Å². The van der Waals surface area contributed by atoms with Gasteiger partial charge in [0.2, 0.25) is 0 Å². The van der Waals surface area contributed by atoms with Gasteiger partial charge in [0.05, 0.1) is 5.69 Å². The van der Waals surface area contributed by atoms with Gasteiger partial charge in [-0.2, -0.15) is 5.10 Å². The van der Waals surface area contributed by atoms with Crippen LogP contribution in [0.2, 0.25) is 0 Å². The topological polar surface area (TPSA) is 55.9 Å². The molecule has 17 heavy (non-hydrogen) atoms. The first-order chi connectivity index (χ1) is 8.29. The number of nitrogens with one attached hydrogen (secondary N) is 1. The zero-order valence-electron chi connectivity index (χ0n) is 10.0. The van der Waals surface area contributed by atoms with Crippen molar-refractivity contribution < 1.29 is 0 Å². The van der Waals surface area contributed by atoms with Crippen molar-refractivity contribution in [1.29, 1.82) is 0 Å². The molecule has 0 saturated carbocycles. The molecule has 4 nitrogen and oxygen atoms in total. The van der Waals surface area contributed by atoms with E-state index < -0.39 is 0 Å². The van der Waals surface area contributed by atoms with Crippen molar-refractivity contribution in [3.63, 3.8) is 0 Å². The minimum Gasteiger partial charge on any atom is -0.329 e. The van der Waals surface area contributed by atoms with Crippen molar-refractivity contribution in [1.82, 2.24) is 15.1 Å². The lowest BCUT2D eigenvalue weighted by Gasteiger charge is -2.11. The normalized spacial score (nSPS) is 12.6. The van der Waals surface area contributed by atoms with Gasteiger partial charge in [0.25, 0.3) is 0 Å². The lowest BCUT2D eigenvalue weighted by molar-refractivity contribution is 0.556. The van der Waals surface area contributed by atoms with Crippen molar-refractivity contribution >= 4 is 0 Å². The zero-order valence-corrected chi connectivity index (χ0v) is 10.0. The van der Waals surface area contributed by atoms with E-state index in [1.807, 2.05) is 29.1 Å². The Morgan fingerprint density at radius 3 is 3.00 bits per heavy atom. The van der Waals surface area contributed by atoms with Gasteiger partial charge >= 0.3 is 0 Å². The molecule has 1 aromatic heterocycles. The van der Waals surface area contributed by atoms with Gasteiger partial charge in [-0.25, -0.2) is 4.68 Å². The first-order valence-electron chi connectivity index (χ1n) is 5.82. The van der Waals surface area contributed by atoms with E-state index in [0.29, 0.717) is 12.6 Å². The predicted molar refractivity (Wildman–Crippen MR) is 68.9 cm³/mol. The molecule has 1 aromatic carbocycles. The number of nitrogens with two attached hydrogens (primary N) is 1. The highest BCUT2D eigenvalue weighted by Gasteiger charge is 2.00. The highest BCUT2D eigenvalue weighted by Crippen LogP contribution is 2.09. The van der Waals surface area contributed by atoms with E-state index in [-0.39, 0.29) is 0 Å². The molecule has 2 rings (SSSR count). The number of hydrogen-bond acceptors (Lipinski definition) is 3. The molecule has 4 heteroatoms. The van der Waals surface area contributed by atoms with Crippen molar-refractivity contribution in [2.24, 2.45) is 5.73 Å². The summed E-state index contributed by atoms with van der Waals surface area (Å²) in [5, 5.41) is 7.58. The summed E-state index contributed by atoms with van der Waals surface area (Å²) in [6.07, 6.45) is 3.72. The van der Waals surface area contributed by atoms with E-state index in [2.05, 4.69) is 29.5 Å². The molecule has 0 bridgehead atoms. The molecule has 1 heterocycles. The van der Waals surface area contributed by atoms with Crippen LogP contribution in [0.15, 0.2) is 42.7 Å². The van der Waals surface area contributed by atoms with Crippen LogP contribution in [0.4, 0.5) is 0 Å². The molecule has 0 aliphatic rings. The van der Waals surface area contributed by atoms with Crippen LogP contribution in [0, 0.1) is 0 Å². The van der Waals surface area contributed by atoms with Crippen molar-refractivity contribution in [3.8, 4) is 5.69 Å². The van der Waals surface area contributed by atoms with Crippen LogP contribution in [-0.4, -0.2) is 22.4 Å². The minimum atomic E-state index is 0.336. The third-order valence-corrected chi connectivity index (χ3v) is 2.69. The van der Waals surface area contributed by atoms with E-state index in [1.165, 1.54) is 5.56 Å². The maximum atomic E-state index is 5.57. The number of benzene rings is 1. The molecule has 0 radical (unpaired) electrons. The summed E-state index contributed by atoms with van der Waals surface area (Å²) >= 11 is 0. The molecule has 90 valence electrons. The third-order valence-electron chi connectivity index (χ3n) is 2.69. The maximum absolute atomic E-state index is 5.57. The van der Waals surface area contributed by atoms with E-state index in [0.717, 1.165) is 12.2 Å². The Morgan fingerprint density at radius 1 is 1.41 bits per heavy atom. The fraction of sp³-hybridized carbons (Fsp3) is 0.308. The molecule has 0 unspecified atom stereocenters. The Labute approximate surface area is 101 Å². The van der Waals surface area contributed by atoms with E-state index in [4.69, 9.17) is 5.73 Å². The molecule has 1 atom stereocenters. The summed E-state index contributed by atoms with van der Waals surface area (Å²) in [4.78, 5) is 0. The van der Waals surface area contributed by atoms with Gasteiger partial charge in [-0.15, -0.1) is 0 Å². The van der Waals surface area contributed by atoms with Gasteiger partial charge in [0.15, 0.2) is 0 Å². The summed E-state index contributed by atoms with van der Waals surface area (Å²) in [6, 6.07) is 10.6. The fourth-order valence-electron chi connectivity index (χ4n) is 1.61. The lowest BCUT2D eigenvalue weighted by Crippen LogP contribution is -2.32. The molecule has 0 amide bonds. The van der Waals surface area contributed by atoms with Crippen molar-refractivity contribution in [2.45, 2.75) is 19.5 Å². The quantitative estimate of drug-likeness (QED) is 0.814. The first kappa shape index (κ1) is 11.8. The molecular formula is C13H18N4. The summed E-state index contributed by atoms with van der Waals surface area (Å²) in [5.41, 5.74) is 7.88. The average molecular weight is 230 g/mol. The summed E-state index contributed by atoms with van der Waals surface area (Å²) in [7, 11) is 0. The number of nitrogens with zero attached hydrogens (tertiary/aromatic N) is 2. The van der Waals surface area contributed by atoms with Crippen LogP contribution in [0.3, 0.4) is 0 Å². The van der Waals surface area contributed by atoms with Crippen molar-refractivity contribution in [2.75, 3.05) is 6.54 Å². The molecule has 0 aliphatic carbocycles. The highest BCUT2D eigenvalue weighted by atomic mass is 15.3. The van der Waals surface area contributed by atoms with Crippen LogP contribution in [0.5, 0.6) is 0 Å². The Bertz CT molecular complexity index is 450. The average Bonchev–Trinajstić information content (AvgIpc) is 2.90. The maximum Gasteiger partial charge on any atom is 0.0648 e. The van der Waals surface area contributed by atoms with Crippen LogP contribution < -0.4 is 11.1 Å². The number of rotatable bonds is 5. The molecule has 0 aliphatic heterocycles. The highest BCUT2D eigenvalue weighted by molar-refractivity contribution is 5.34. The van der Waals surface area contributed by atoms with Gasteiger partial charge in [-0.05, 0) is 30.7 Å². The minimum absolute atomic E-state index is 0.336. The molecule has 2 aromatic rings. The second-order valence-electron chi connectivity index (χ2n) is 4.14. The van der Waals surface area contributed by atoms with Gasteiger partial charge < -0.3 is 11.1 Å². The van der Waals surface area contributed by atoms with Gasteiger partial charge in [0, 0.05) is 31.5 Å². The summed E-state index contributed by atoms with van der Waals surface area (Å²) < 4.78 is 1.86.